The SMILES string of the molecule is C#Cc1cc(F)c(N2C(=O)CC(C(F)(F)F)N(C)C2=O)cc1OCC. The molecule has 0 saturated carbocycles. The van der Waals surface area contributed by atoms with Crippen LogP contribution in [0.25, 0.3) is 0 Å². The topological polar surface area (TPSA) is 49.9 Å². The molecule has 1 aliphatic rings. The zero-order chi connectivity index (χ0) is 18.9. The number of ether oxygens (including phenoxy) is 1. The second-order valence-electron chi connectivity index (χ2n) is 5.26. The van der Waals surface area contributed by atoms with Crippen LogP contribution in [0.5, 0.6) is 5.75 Å². The standard InChI is InChI=1S/C16H14F4N2O3/c1-4-9-6-10(17)11(7-12(9)25-5-2)22-14(23)8-13(16(18,19)20)21(3)15(22)24/h1,6-7,13H,5,8H2,2-3H3. The van der Waals surface area contributed by atoms with E-state index in [-0.39, 0.29) is 17.9 Å². The van der Waals surface area contributed by atoms with E-state index in [0.717, 1.165) is 19.2 Å². The van der Waals surface area contributed by atoms with Gasteiger partial charge in [-0.05, 0) is 13.0 Å². The number of halogens is 4. The number of hydrogen-bond acceptors (Lipinski definition) is 3. The second-order valence-corrected chi connectivity index (χ2v) is 5.26. The Bertz CT molecular complexity index is 755. The maximum absolute atomic E-state index is 14.3. The van der Waals surface area contributed by atoms with E-state index in [1.165, 1.54) is 0 Å². The Labute approximate surface area is 141 Å². The summed E-state index contributed by atoms with van der Waals surface area (Å²) in [6.45, 7) is 1.82. The van der Waals surface area contributed by atoms with Crippen LogP contribution in [0.15, 0.2) is 12.1 Å². The number of terminal acetylenes is 1. The number of carbonyl (C=O) groups excluding carboxylic acids is 2. The lowest BCUT2D eigenvalue weighted by atomic mass is 10.1. The first-order valence-electron chi connectivity index (χ1n) is 7.21. The van der Waals surface area contributed by atoms with Crippen LogP contribution in [0.3, 0.4) is 0 Å². The summed E-state index contributed by atoms with van der Waals surface area (Å²) in [5.41, 5.74) is -0.452. The van der Waals surface area contributed by atoms with E-state index in [4.69, 9.17) is 11.2 Å². The molecule has 1 atom stereocenters. The fourth-order valence-corrected chi connectivity index (χ4v) is 2.47. The van der Waals surface area contributed by atoms with Crippen molar-refractivity contribution in [2.75, 3.05) is 18.6 Å². The van der Waals surface area contributed by atoms with Crippen molar-refractivity contribution in [3.63, 3.8) is 0 Å². The van der Waals surface area contributed by atoms with E-state index in [9.17, 15) is 27.2 Å². The monoisotopic (exact) mass is 358 g/mol. The van der Waals surface area contributed by atoms with Gasteiger partial charge in [-0.2, -0.15) is 13.2 Å². The first-order valence-corrected chi connectivity index (χ1v) is 7.21. The van der Waals surface area contributed by atoms with E-state index in [1.54, 1.807) is 6.92 Å². The van der Waals surface area contributed by atoms with E-state index in [0.29, 0.717) is 9.80 Å². The van der Waals surface area contributed by atoms with Crippen molar-refractivity contribution >= 4 is 17.6 Å². The molecule has 1 aliphatic heterocycles. The average molecular weight is 358 g/mol. The van der Waals surface area contributed by atoms with E-state index in [1.807, 2.05) is 0 Å². The molecule has 1 aromatic carbocycles. The molecule has 9 heteroatoms. The molecule has 1 aromatic rings. The lowest BCUT2D eigenvalue weighted by molar-refractivity contribution is -0.179. The molecule has 1 unspecified atom stereocenters. The van der Waals surface area contributed by atoms with E-state index < -0.39 is 42.1 Å². The van der Waals surface area contributed by atoms with Gasteiger partial charge in [0.2, 0.25) is 5.91 Å². The number of imide groups is 1. The molecule has 0 N–H and O–H groups in total. The highest BCUT2D eigenvalue weighted by Gasteiger charge is 2.51. The molecular weight excluding hydrogens is 344 g/mol. The number of alkyl halides is 3. The first-order chi connectivity index (χ1) is 11.6. The summed E-state index contributed by atoms with van der Waals surface area (Å²) in [4.78, 5) is 25.1. The summed E-state index contributed by atoms with van der Waals surface area (Å²) in [7, 11) is 0.900. The van der Waals surface area contributed by atoms with Crippen molar-refractivity contribution in [2.24, 2.45) is 0 Å². The highest BCUT2D eigenvalue weighted by molar-refractivity contribution is 6.16. The number of urea groups is 1. The van der Waals surface area contributed by atoms with Crippen LogP contribution in [0.4, 0.5) is 28.0 Å². The molecule has 2 rings (SSSR count). The number of rotatable bonds is 3. The molecule has 1 fully saturated rings. The predicted octanol–water partition coefficient (Wildman–Crippen LogP) is 2.93. The maximum Gasteiger partial charge on any atom is 0.409 e. The Kier molecular flexibility index (Phi) is 4.92. The first kappa shape index (κ1) is 18.6. The van der Waals surface area contributed by atoms with Gasteiger partial charge in [0.25, 0.3) is 0 Å². The maximum atomic E-state index is 14.3. The zero-order valence-corrected chi connectivity index (χ0v) is 13.4. The summed E-state index contributed by atoms with van der Waals surface area (Å²) in [6.07, 6.45) is -0.534. The molecule has 1 heterocycles. The van der Waals surface area contributed by atoms with Crippen LogP contribution >= 0.6 is 0 Å². The summed E-state index contributed by atoms with van der Waals surface area (Å²) in [5.74, 6) is 0.0579. The molecule has 0 aliphatic carbocycles. The van der Waals surface area contributed by atoms with Crippen LogP contribution in [0.2, 0.25) is 0 Å². The van der Waals surface area contributed by atoms with E-state index >= 15 is 0 Å². The minimum atomic E-state index is -4.77. The highest BCUT2D eigenvalue weighted by atomic mass is 19.4. The van der Waals surface area contributed by atoms with Crippen molar-refractivity contribution in [1.82, 2.24) is 4.90 Å². The summed E-state index contributed by atoms with van der Waals surface area (Å²) in [5, 5.41) is 0. The number of benzene rings is 1. The smallest absolute Gasteiger partial charge is 0.409 e. The highest BCUT2D eigenvalue weighted by Crippen LogP contribution is 2.35. The fourth-order valence-electron chi connectivity index (χ4n) is 2.47. The van der Waals surface area contributed by atoms with Crippen molar-refractivity contribution in [3.8, 4) is 18.1 Å². The lowest BCUT2D eigenvalue weighted by Crippen LogP contribution is -2.60. The van der Waals surface area contributed by atoms with Gasteiger partial charge in [0.1, 0.15) is 17.6 Å². The normalized spacial score (nSPS) is 18.4. The van der Waals surface area contributed by atoms with Gasteiger partial charge in [0.05, 0.1) is 24.3 Å². The quantitative estimate of drug-likeness (QED) is 0.617. The summed E-state index contributed by atoms with van der Waals surface area (Å²) in [6, 6.07) is -1.63. The van der Waals surface area contributed by atoms with Crippen LogP contribution < -0.4 is 9.64 Å². The number of carbonyl (C=O) groups is 2. The van der Waals surface area contributed by atoms with Crippen LogP contribution in [0.1, 0.15) is 18.9 Å². The Morgan fingerprint density at radius 1 is 1.36 bits per heavy atom. The molecule has 0 aromatic heterocycles. The van der Waals surface area contributed by atoms with Gasteiger partial charge in [-0.25, -0.2) is 14.1 Å². The van der Waals surface area contributed by atoms with Gasteiger partial charge in [0, 0.05) is 13.1 Å². The predicted molar refractivity (Wildman–Crippen MR) is 80.6 cm³/mol. The third-order valence-electron chi connectivity index (χ3n) is 3.70. The molecule has 5 nitrogen and oxygen atoms in total. The minimum absolute atomic E-state index is 0.0441. The van der Waals surface area contributed by atoms with Crippen LogP contribution in [-0.2, 0) is 4.79 Å². The molecule has 3 amide bonds. The fraction of sp³-hybridized carbons (Fsp3) is 0.375. The third-order valence-corrected chi connectivity index (χ3v) is 3.70. The Morgan fingerprint density at radius 2 is 2.00 bits per heavy atom. The molecular formula is C16H14F4N2O3. The van der Waals surface area contributed by atoms with Gasteiger partial charge in [0.15, 0.2) is 0 Å². The lowest BCUT2D eigenvalue weighted by Gasteiger charge is -2.38. The van der Waals surface area contributed by atoms with Gasteiger partial charge >= 0.3 is 12.2 Å². The number of anilines is 1. The van der Waals surface area contributed by atoms with Crippen LogP contribution in [-0.4, -0.2) is 42.7 Å². The Morgan fingerprint density at radius 3 is 2.52 bits per heavy atom. The molecule has 25 heavy (non-hydrogen) atoms. The Hall–Kier alpha value is -2.76. The molecule has 0 bridgehead atoms. The van der Waals surface area contributed by atoms with Gasteiger partial charge in [-0.1, -0.05) is 5.92 Å². The second kappa shape index (κ2) is 6.63. The summed E-state index contributed by atoms with van der Waals surface area (Å²) < 4.78 is 58.3. The largest absolute Gasteiger partial charge is 0.492 e. The van der Waals surface area contributed by atoms with Crippen molar-refractivity contribution < 1.29 is 31.9 Å². The number of amides is 3. The van der Waals surface area contributed by atoms with Crippen molar-refractivity contribution in [3.05, 3.63) is 23.5 Å². The minimum Gasteiger partial charge on any atom is -0.492 e. The molecule has 1 saturated heterocycles. The molecule has 0 spiro atoms. The number of nitrogens with zero attached hydrogens (tertiary/aromatic N) is 2. The van der Waals surface area contributed by atoms with Crippen molar-refractivity contribution in [2.45, 2.75) is 25.6 Å². The van der Waals surface area contributed by atoms with Gasteiger partial charge in [-0.3, -0.25) is 4.79 Å². The van der Waals surface area contributed by atoms with Crippen LogP contribution in [0, 0.1) is 18.2 Å². The zero-order valence-electron chi connectivity index (χ0n) is 13.4. The summed E-state index contributed by atoms with van der Waals surface area (Å²) >= 11 is 0. The van der Waals surface area contributed by atoms with Crippen molar-refractivity contribution in [1.29, 1.82) is 0 Å². The third kappa shape index (κ3) is 3.38. The van der Waals surface area contributed by atoms with E-state index in [2.05, 4.69) is 5.92 Å². The molecule has 134 valence electrons. The molecule has 0 radical (unpaired) electrons. The van der Waals surface area contributed by atoms with Gasteiger partial charge in [-0.15, -0.1) is 6.42 Å². The number of hydrogen-bond donors (Lipinski definition) is 0. The average Bonchev–Trinajstić information content (AvgIpc) is 2.52. The Balaban J connectivity index is 2.49. The van der Waals surface area contributed by atoms with Gasteiger partial charge < -0.3 is 9.64 Å².